The van der Waals surface area contributed by atoms with Crippen molar-refractivity contribution < 1.29 is 9.59 Å². The van der Waals surface area contributed by atoms with Gasteiger partial charge in [-0.25, -0.2) is 4.98 Å². The standard InChI is InChI=1S/C18H21N3O2S/c1-18(2,3)17-20-10-14(24-17)16(23)21-9-5-7-11-12(15(19)22)6-4-8-13(11)21/h4,6,8,10H,5,7,9H2,1-3H3,(H2,19,22). The molecule has 0 fully saturated rings. The molecule has 3 rings (SSSR count). The van der Waals surface area contributed by atoms with E-state index < -0.39 is 5.91 Å². The fourth-order valence-electron chi connectivity index (χ4n) is 2.92. The van der Waals surface area contributed by atoms with Gasteiger partial charge in [0.05, 0.1) is 11.2 Å². The molecule has 0 saturated heterocycles. The second kappa shape index (κ2) is 6.02. The minimum absolute atomic E-state index is 0.0643. The number of nitrogens with two attached hydrogens (primary N) is 1. The van der Waals surface area contributed by atoms with Gasteiger partial charge in [-0.05, 0) is 30.5 Å². The Morgan fingerprint density at radius 2 is 2.04 bits per heavy atom. The maximum absolute atomic E-state index is 13.0. The quantitative estimate of drug-likeness (QED) is 0.910. The molecular weight excluding hydrogens is 322 g/mol. The van der Waals surface area contributed by atoms with Gasteiger partial charge in [-0.1, -0.05) is 26.8 Å². The molecule has 5 nitrogen and oxygen atoms in total. The van der Waals surface area contributed by atoms with Gasteiger partial charge in [-0.3, -0.25) is 9.59 Å². The number of benzene rings is 1. The predicted molar refractivity (Wildman–Crippen MR) is 95.8 cm³/mol. The van der Waals surface area contributed by atoms with Crippen LogP contribution in [0.4, 0.5) is 5.69 Å². The van der Waals surface area contributed by atoms with Crippen molar-refractivity contribution in [2.24, 2.45) is 5.73 Å². The Hall–Kier alpha value is -2.21. The maximum atomic E-state index is 13.0. The molecule has 1 aliphatic heterocycles. The molecule has 0 unspecified atom stereocenters. The monoisotopic (exact) mass is 343 g/mol. The Morgan fingerprint density at radius 1 is 1.29 bits per heavy atom. The zero-order valence-corrected chi connectivity index (χ0v) is 14.9. The lowest BCUT2D eigenvalue weighted by atomic mass is 9.96. The van der Waals surface area contributed by atoms with Gasteiger partial charge in [-0.15, -0.1) is 11.3 Å². The average Bonchev–Trinajstić information content (AvgIpc) is 3.03. The lowest BCUT2D eigenvalue weighted by molar-refractivity contribution is 0.0980. The van der Waals surface area contributed by atoms with Crippen molar-refractivity contribution in [2.75, 3.05) is 11.4 Å². The molecule has 2 heterocycles. The molecule has 0 radical (unpaired) electrons. The second-order valence-corrected chi connectivity index (χ2v) is 8.04. The average molecular weight is 343 g/mol. The topological polar surface area (TPSA) is 76.3 Å². The first-order valence-electron chi connectivity index (χ1n) is 7.99. The van der Waals surface area contributed by atoms with Crippen LogP contribution in [-0.2, 0) is 11.8 Å². The van der Waals surface area contributed by atoms with Gasteiger partial charge in [-0.2, -0.15) is 0 Å². The fraction of sp³-hybridized carbons (Fsp3) is 0.389. The minimum atomic E-state index is -0.450. The van der Waals surface area contributed by atoms with Crippen LogP contribution in [0, 0.1) is 0 Å². The number of primary amides is 1. The summed E-state index contributed by atoms with van der Waals surface area (Å²) < 4.78 is 0. The summed E-state index contributed by atoms with van der Waals surface area (Å²) in [4.78, 5) is 31.4. The number of nitrogens with zero attached hydrogens (tertiary/aromatic N) is 2. The molecular formula is C18H21N3O2S. The molecule has 1 aliphatic rings. The Kier molecular flexibility index (Phi) is 4.17. The van der Waals surface area contributed by atoms with E-state index >= 15 is 0 Å². The number of fused-ring (bicyclic) bond motifs is 1. The molecule has 2 N–H and O–H groups in total. The third-order valence-corrected chi connectivity index (χ3v) is 5.53. The summed E-state index contributed by atoms with van der Waals surface area (Å²) in [5.41, 5.74) is 7.55. The van der Waals surface area contributed by atoms with Crippen molar-refractivity contribution in [3.05, 3.63) is 45.4 Å². The van der Waals surface area contributed by atoms with Crippen molar-refractivity contribution in [3.63, 3.8) is 0 Å². The number of hydrogen-bond acceptors (Lipinski definition) is 4. The molecule has 1 aromatic carbocycles. The van der Waals surface area contributed by atoms with E-state index in [-0.39, 0.29) is 11.3 Å². The molecule has 1 aromatic heterocycles. The van der Waals surface area contributed by atoms with E-state index in [0.29, 0.717) is 17.0 Å². The summed E-state index contributed by atoms with van der Waals surface area (Å²) in [5, 5.41) is 0.939. The van der Waals surface area contributed by atoms with Crippen LogP contribution in [-0.4, -0.2) is 23.3 Å². The molecule has 0 spiro atoms. The SMILES string of the molecule is CC(C)(C)c1ncc(C(=O)N2CCCc3c(C(N)=O)cccc32)s1. The van der Waals surface area contributed by atoms with Crippen molar-refractivity contribution in [1.29, 1.82) is 0 Å². The Morgan fingerprint density at radius 3 is 2.67 bits per heavy atom. The highest BCUT2D eigenvalue weighted by Gasteiger charge is 2.28. The summed E-state index contributed by atoms with van der Waals surface area (Å²) in [6.07, 6.45) is 3.22. The number of rotatable bonds is 2. The van der Waals surface area contributed by atoms with Gasteiger partial charge in [0.25, 0.3) is 5.91 Å². The van der Waals surface area contributed by atoms with Crippen LogP contribution >= 0.6 is 11.3 Å². The molecule has 126 valence electrons. The third kappa shape index (κ3) is 2.94. The normalized spacial score (nSPS) is 14.4. The van der Waals surface area contributed by atoms with Crippen LogP contribution in [0.15, 0.2) is 24.4 Å². The zero-order chi connectivity index (χ0) is 17.5. The van der Waals surface area contributed by atoms with E-state index in [0.717, 1.165) is 29.1 Å². The fourth-order valence-corrected chi connectivity index (χ4v) is 3.84. The van der Waals surface area contributed by atoms with Gasteiger partial charge in [0.1, 0.15) is 4.88 Å². The van der Waals surface area contributed by atoms with Crippen LogP contribution in [0.1, 0.15) is 57.8 Å². The first kappa shape index (κ1) is 16.6. The smallest absolute Gasteiger partial charge is 0.269 e. The van der Waals surface area contributed by atoms with Crippen LogP contribution in [0.2, 0.25) is 0 Å². The largest absolute Gasteiger partial charge is 0.366 e. The van der Waals surface area contributed by atoms with Crippen LogP contribution < -0.4 is 10.6 Å². The number of carbonyl (C=O) groups excluding carboxylic acids is 2. The summed E-state index contributed by atoms with van der Waals surface area (Å²) in [6.45, 7) is 6.87. The number of thiazole rings is 1. The lowest BCUT2D eigenvalue weighted by Crippen LogP contribution is -2.36. The highest BCUT2D eigenvalue weighted by atomic mass is 32.1. The van der Waals surface area contributed by atoms with Gasteiger partial charge >= 0.3 is 0 Å². The first-order valence-corrected chi connectivity index (χ1v) is 8.80. The number of aromatic nitrogens is 1. The van der Waals surface area contributed by atoms with E-state index in [4.69, 9.17) is 5.73 Å². The van der Waals surface area contributed by atoms with Crippen molar-refractivity contribution in [3.8, 4) is 0 Å². The second-order valence-electron chi connectivity index (χ2n) is 7.01. The van der Waals surface area contributed by atoms with E-state index in [1.807, 2.05) is 6.07 Å². The van der Waals surface area contributed by atoms with Gasteiger partial charge < -0.3 is 10.6 Å². The lowest BCUT2D eigenvalue weighted by Gasteiger charge is -2.30. The number of anilines is 1. The maximum Gasteiger partial charge on any atom is 0.269 e. The van der Waals surface area contributed by atoms with E-state index in [2.05, 4.69) is 25.8 Å². The Bertz CT molecular complexity index is 805. The van der Waals surface area contributed by atoms with E-state index in [9.17, 15) is 9.59 Å². The van der Waals surface area contributed by atoms with Gasteiger partial charge in [0, 0.05) is 23.2 Å². The summed E-state index contributed by atoms with van der Waals surface area (Å²) in [6, 6.07) is 5.38. The number of amides is 2. The summed E-state index contributed by atoms with van der Waals surface area (Å²) in [7, 11) is 0. The van der Waals surface area contributed by atoms with E-state index in [1.54, 1.807) is 23.2 Å². The number of carbonyl (C=O) groups is 2. The summed E-state index contributed by atoms with van der Waals surface area (Å²) >= 11 is 1.43. The Labute approximate surface area is 145 Å². The molecule has 24 heavy (non-hydrogen) atoms. The highest BCUT2D eigenvalue weighted by Crippen LogP contribution is 2.33. The number of hydrogen-bond donors (Lipinski definition) is 1. The molecule has 0 atom stereocenters. The molecule has 2 amide bonds. The first-order chi connectivity index (χ1) is 11.3. The predicted octanol–water partition coefficient (Wildman–Crippen LogP) is 3.13. The van der Waals surface area contributed by atoms with Crippen LogP contribution in [0.5, 0.6) is 0 Å². The molecule has 0 bridgehead atoms. The summed E-state index contributed by atoms with van der Waals surface area (Å²) in [5.74, 6) is -0.514. The van der Waals surface area contributed by atoms with Crippen molar-refractivity contribution in [2.45, 2.75) is 39.0 Å². The van der Waals surface area contributed by atoms with E-state index in [1.165, 1.54) is 11.3 Å². The van der Waals surface area contributed by atoms with Crippen molar-refractivity contribution in [1.82, 2.24) is 4.98 Å². The van der Waals surface area contributed by atoms with Gasteiger partial charge in [0.2, 0.25) is 5.91 Å². The molecule has 6 heteroatoms. The Balaban J connectivity index is 1.98. The van der Waals surface area contributed by atoms with Crippen LogP contribution in [0.3, 0.4) is 0 Å². The minimum Gasteiger partial charge on any atom is -0.366 e. The van der Waals surface area contributed by atoms with Crippen molar-refractivity contribution >= 4 is 28.8 Å². The molecule has 0 aliphatic carbocycles. The van der Waals surface area contributed by atoms with Gasteiger partial charge in [0.15, 0.2) is 0 Å². The highest BCUT2D eigenvalue weighted by molar-refractivity contribution is 7.13. The zero-order valence-electron chi connectivity index (χ0n) is 14.1. The molecule has 0 saturated carbocycles. The molecule has 2 aromatic rings. The van der Waals surface area contributed by atoms with Crippen LogP contribution in [0.25, 0.3) is 0 Å². The third-order valence-electron chi connectivity index (χ3n) is 4.12.